The van der Waals surface area contributed by atoms with Crippen LogP contribution < -0.4 is 10.5 Å². The van der Waals surface area contributed by atoms with Gasteiger partial charge in [0.2, 0.25) is 0 Å². The molecule has 0 unspecified atom stereocenters. The third-order valence-electron chi connectivity index (χ3n) is 6.78. The lowest BCUT2D eigenvalue weighted by molar-refractivity contribution is -0.142. The van der Waals surface area contributed by atoms with Crippen LogP contribution >= 0.6 is 0 Å². The minimum Gasteiger partial charge on any atom is -0.481 e. The Morgan fingerprint density at radius 3 is 2.42 bits per heavy atom. The summed E-state index contributed by atoms with van der Waals surface area (Å²) in [7, 11) is 0. The highest BCUT2D eigenvalue weighted by molar-refractivity contribution is 6.19. The molecule has 164 valence electrons. The van der Waals surface area contributed by atoms with Gasteiger partial charge >= 0.3 is 11.9 Å². The minimum absolute atomic E-state index is 0.119. The first-order chi connectivity index (χ1) is 15.9. The van der Waals surface area contributed by atoms with Crippen molar-refractivity contribution in [2.45, 2.75) is 12.8 Å². The molecule has 2 N–H and O–H groups in total. The molecule has 0 radical (unpaired) electrons. The van der Waals surface area contributed by atoms with E-state index in [9.17, 15) is 24.6 Å². The Morgan fingerprint density at radius 2 is 1.70 bits per heavy atom. The van der Waals surface area contributed by atoms with Gasteiger partial charge in [0.25, 0.3) is 5.56 Å². The molecular formula is C25H19N3O5. The van der Waals surface area contributed by atoms with Crippen molar-refractivity contribution in [3.05, 3.63) is 64.4 Å². The zero-order valence-corrected chi connectivity index (χ0v) is 17.5. The highest BCUT2D eigenvalue weighted by Crippen LogP contribution is 2.37. The number of aromatic carboxylic acids is 1. The van der Waals surface area contributed by atoms with Gasteiger partial charge in [-0.2, -0.15) is 0 Å². The maximum Gasteiger partial charge on any atom is 0.335 e. The monoisotopic (exact) mass is 441 g/mol. The van der Waals surface area contributed by atoms with Crippen molar-refractivity contribution in [2.75, 3.05) is 18.0 Å². The molecule has 0 amide bonds. The Balaban J connectivity index is 1.60. The molecule has 1 aliphatic heterocycles. The number of hydrogen-bond acceptors (Lipinski definition) is 5. The fourth-order valence-corrected chi connectivity index (χ4v) is 5.12. The molecule has 0 atom stereocenters. The summed E-state index contributed by atoms with van der Waals surface area (Å²) in [4.78, 5) is 43.1. The third kappa shape index (κ3) is 2.77. The summed E-state index contributed by atoms with van der Waals surface area (Å²) >= 11 is 0. The topological polar surface area (TPSA) is 112 Å². The number of anilines is 1. The van der Waals surface area contributed by atoms with Gasteiger partial charge < -0.3 is 15.1 Å². The number of aromatic nitrogens is 2. The molecule has 1 aliphatic rings. The van der Waals surface area contributed by atoms with Gasteiger partial charge in [0.1, 0.15) is 5.65 Å². The van der Waals surface area contributed by atoms with E-state index in [-0.39, 0.29) is 17.0 Å². The molecule has 1 fully saturated rings. The average molecular weight is 441 g/mol. The van der Waals surface area contributed by atoms with E-state index in [2.05, 4.69) is 9.88 Å². The van der Waals surface area contributed by atoms with Gasteiger partial charge in [-0.25, -0.2) is 9.78 Å². The Bertz CT molecular complexity index is 1660. The van der Waals surface area contributed by atoms with Gasteiger partial charge in [-0.05, 0) is 49.2 Å². The first-order valence-corrected chi connectivity index (χ1v) is 10.8. The molecule has 8 heteroatoms. The van der Waals surface area contributed by atoms with Crippen LogP contribution in [0.5, 0.6) is 0 Å². The zero-order chi connectivity index (χ0) is 22.9. The van der Waals surface area contributed by atoms with E-state index in [4.69, 9.17) is 0 Å². The highest BCUT2D eigenvalue weighted by Gasteiger charge is 2.26. The van der Waals surface area contributed by atoms with Crippen molar-refractivity contribution in [1.29, 1.82) is 0 Å². The summed E-state index contributed by atoms with van der Waals surface area (Å²) in [6, 6.07) is 14.2. The molecule has 5 aromatic rings. The largest absolute Gasteiger partial charge is 0.481 e. The number of piperidine rings is 1. The molecule has 0 bridgehead atoms. The maximum absolute atomic E-state index is 13.5. The molecule has 33 heavy (non-hydrogen) atoms. The summed E-state index contributed by atoms with van der Waals surface area (Å²) in [6.07, 6.45) is 1.16. The van der Waals surface area contributed by atoms with Crippen LogP contribution in [0.25, 0.3) is 38.2 Å². The van der Waals surface area contributed by atoms with Crippen LogP contribution in [0.3, 0.4) is 0 Å². The molecule has 0 saturated carbocycles. The van der Waals surface area contributed by atoms with E-state index in [0.29, 0.717) is 48.0 Å². The molecule has 6 rings (SSSR count). The highest BCUT2D eigenvalue weighted by atomic mass is 16.4. The Morgan fingerprint density at radius 1 is 0.939 bits per heavy atom. The number of benzene rings is 3. The molecule has 2 aromatic heterocycles. The van der Waals surface area contributed by atoms with Crippen molar-refractivity contribution >= 4 is 55.9 Å². The molecule has 1 saturated heterocycles. The smallest absolute Gasteiger partial charge is 0.335 e. The van der Waals surface area contributed by atoms with Gasteiger partial charge in [0, 0.05) is 40.3 Å². The predicted molar refractivity (Wildman–Crippen MR) is 125 cm³/mol. The second-order valence-electron chi connectivity index (χ2n) is 8.54. The van der Waals surface area contributed by atoms with E-state index in [1.54, 1.807) is 16.5 Å². The van der Waals surface area contributed by atoms with Gasteiger partial charge in [-0.15, -0.1) is 0 Å². The van der Waals surface area contributed by atoms with E-state index in [1.165, 1.54) is 12.1 Å². The Labute approximate surface area is 186 Å². The lowest BCUT2D eigenvalue weighted by Gasteiger charge is -2.33. The molecule has 0 aliphatic carbocycles. The van der Waals surface area contributed by atoms with Gasteiger partial charge in [-0.1, -0.05) is 12.1 Å². The summed E-state index contributed by atoms with van der Waals surface area (Å²) < 4.78 is 1.55. The molecule has 8 nitrogen and oxygen atoms in total. The van der Waals surface area contributed by atoms with Crippen molar-refractivity contribution in [3.8, 4) is 0 Å². The summed E-state index contributed by atoms with van der Waals surface area (Å²) in [6.45, 7) is 1.28. The van der Waals surface area contributed by atoms with E-state index in [1.807, 2.05) is 24.3 Å². The average Bonchev–Trinajstić information content (AvgIpc) is 3.21. The SMILES string of the molecule is O=C(O)c1ccc2c(c1)nc1c3ccc(N4CCC(C(=O)O)CC4)c4cccc(c(=O)n21)c43. The number of carboxylic acids is 2. The third-order valence-corrected chi connectivity index (χ3v) is 6.78. The number of nitrogens with zero attached hydrogens (tertiary/aromatic N) is 3. The number of carbonyl (C=O) groups is 2. The van der Waals surface area contributed by atoms with Crippen LogP contribution in [0.2, 0.25) is 0 Å². The molecule has 0 spiro atoms. The van der Waals surface area contributed by atoms with Gasteiger partial charge in [-0.3, -0.25) is 14.0 Å². The first-order valence-electron chi connectivity index (χ1n) is 10.8. The summed E-state index contributed by atoms with van der Waals surface area (Å²) in [5.74, 6) is -2.11. The van der Waals surface area contributed by atoms with Crippen molar-refractivity contribution in [2.24, 2.45) is 5.92 Å². The van der Waals surface area contributed by atoms with Crippen molar-refractivity contribution in [3.63, 3.8) is 0 Å². The van der Waals surface area contributed by atoms with E-state index < -0.39 is 11.9 Å². The number of imidazole rings is 1. The van der Waals surface area contributed by atoms with Crippen LogP contribution in [-0.2, 0) is 4.79 Å². The van der Waals surface area contributed by atoms with Crippen LogP contribution in [0.1, 0.15) is 23.2 Å². The minimum atomic E-state index is -1.05. The fraction of sp³-hybridized carbons (Fsp3) is 0.200. The number of carboxylic acid groups (broad SMARTS) is 2. The lowest BCUT2D eigenvalue weighted by atomic mass is 9.95. The molecule has 3 heterocycles. The lowest BCUT2D eigenvalue weighted by Crippen LogP contribution is -2.36. The number of pyridine rings is 1. The van der Waals surface area contributed by atoms with E-state index >= 15 is 0 Å². The number of aliphatic carboxylic acids is 1. The molecule has 3 aromatic carbocycles. The Hall–Kier alpha value is -4.20. The zero-order valence-electron chi connectivity index (χ0n) is 17.5. The van der Waals surface area contributed by atoms with E-state index in [0.717, 1.165) is 21.8 Å². The van der Waals surface area contributed by atoms with Crippen LogP contribution in [0.4, 0.5) is 5.69 Å². The Kier molecular flexibility index (Phi) is 4.07. The normalized spacial score (nSPS) is 15.2. The van der Waals surface area contributed by atoms with Crippen LogP contribution in [0, 0.1) is 5.92 Å². The fourth-order valence-electron chi connectivity index (χ4n) is 5.12. The van der Waals surface area contributed by atoms with Crippen LogP contribution in [-0.4, -0.2) is 44.6 Å². The first kappa shape index (κ1) is 19.5. The van der Waals surface area contributed by atoms with Gasteiger partial charge in [0.15, 0.2) is 0 Å². The van der Waals surface area contributed by atoms with Crippen molar-refractivity contribution in [1.82, 2.24) is 9.38 Å². The molecular weight excluding hydrogens is 422 g/mol. The van der Waals surface area contributed by atoms with Crippen molar-refractivity contribution < 1.29 is 19.8 Å². The summed E-state index contributed by atoms with van der Waals surface area (Å²) in [5, 5.41) is 21.8. The van der Waals surface area contributed by atoms with Crippen LogP contribution in [0.15, 0.2) is 53.3 Å². The predicted octanol–water partition coefficient (Wildman–Crippen LogP) is 3.59. The second kappa shape index (κ2) is 6.90. The maximum atomic E-state index is 13.5. The van der Waals surface area contributed by atoms with Gasteiger partial charge in [0.05, 0.1) is 22.5 Å². The second-order valence-corrected chi connectivity index (χ2v) is 8.54. The summed E-state index contributed by atoms with van der Waals surface area (Å²) in [5.41, 5.74) is 2.42. The number of rotatable bonds is 3. The number of fused-ring (bicyclic) bond motifs is 4. The quantitative estimate of drug-likeness (QED) is 0.440. The number of hydrogen-bond donors (Lipinski definition) is 2. The standard InChI is InChI=1S/C25H19N3O5/c29-23-17-3-1-2-15-19(27-10-8-13(9-11-27)24(30)31)7-5-16(21(15)17)22-26-18-12-14(25(32)33)4-6-20(18)28(22)23/h1-7,12-13H,8-11H2,(H,30,31)(H,32,33).